The molecule has 7 heteroatoms. The number of fused-ring (bicyclic) bond motifs is 1. The molecule has 1 aliphatic rings. The Morgan fingerprint density at radius 2 is 2.08 bits per heavy atom. The van der Waals surface area contributed by atoms with Crippen molar-refractivity contribution >= 4 is 11.7 Å². The molecule has 0 spiro atoms. The van der Waals surface area contributed by atoms with Crippen LogP contribution >= 0.6 is 0 Å². The molecule has 7 nitrogen and oxygen atoms in total. The first-order valence-corrected chi connectivity index (χ1v) is 8.92. The lowest BCUT2D eigenvalue weighted by atomic mass is 10.0. The Bertz CT molecular complexity index is 920. The molecule has 0 radical (unpaired) electrons. The molecule has 2 aromatic heterocycles. The van der Waals surface area contributed by atoms with Gasteiger partial charge in [-0.2, -0.15) is 10.1 Å². The number of rotatable bonds is 3. The minimum absolute atomic E-state index is 0.0557. The summed E-state index contributed by atoms with van der Waals surface area (Å²) in [6, 6.07) is 12.2. The van der Waals surface area contributed by atoms with Crippen molar-refractivity contribution in [1.82, 2.24) is 29.8 Å². The number of amides is 1. The van der Waals surface area contributed by atoms with Gasteiger partial charge in [0, 0.05) is 25.7 Å². The Morgan fingerprint density at radius 1 is 1.27 bits per heavy atom. The predicted octanol–water partition coefficient (Wildman–Crippen LogP) is 2.03. The van der Waals surface area contributed by atoms with Gasteiger partial charge in [-0.05, 0) is 17.5 Å². The summed E-state index contributed by atoms with van der Waals surface area (Å²) in [5.41, 5.74) is 2.56. The summed E-state index contributed by atoms with van der Waals surface area (Å²) in [6.45, 7) is 6.19. The number of hydrogen-bond acceptors (Lipinski definition) is 5. The molecule has 1 N–H and O–H groups in total. The second-order valence-corrected chi connectivity index (χ2v) is 6.86. The number of nitrogens with one attached hydrogen (secondary N) is 1. The molecule has 1 aromatic carbocycles. The molecule has 1 amide bonds. The molecule has 3 heterocycles. The fourth-order valence-electron chi connectivity index (χ4n) is 3.36. The maximum Gasteiger partial charge on any atom is 0.272 e. The van der Waals surface area contributed by atoms with Crippen LogP contribution in [0.2, 0.25) is 0 Å². The molecule has 4 rings (SSSR count). The van der Waals surface area contributed by atoms with E-state index in [1.807, 2.05) is 29.2 Å². The van der Waals surface area contributed by atoms with Gasteiger partial charge < -0.3 is 10.2 Å². The summed E-state index contributed by atoms with van der Waals surface area (Å²) >= 11 is 0. The second kappa shape index (κ2) is 6.84. The second-order valence-electron chi connectivity index (χ2n) is 6.86. The van der Waals surface area contributed by atoms with Crippen molar-refractivity contribution in [3.8, 4) is 0 Å². The van der Waals surface area contributed by atoms with E-state index in [0.29, 0.717) is 24.6 Å². The highest BCUT2D eigenvalue weighted by atomic mass is 16.2. The lowest BCUT2D eigenvalue weighted by Gasteiger charge is -2.34. The summed E-state index contributed by atoms with van der Waals surface area (Å²) in [5.74, 6) is 0.628. The first-order chi connectivity index (χ1) is 12.6. The SMILES string of the molecule is CC(C)c1cc(C(=O)N2CCNC(c3ccccc3)C2)nc2ncnn12. The van der Waals surface area contributed by atoms with Crippen LogP contribution in [0.5, 0.6) is 0 Å². The summed E-state index contributed by atoms with van der Waals surface area (Å²) in [5, 5.41) is 7.70. The van der Waals surface area contributed by atoms with E-state index in [1.54, 1.807) is 4.52 Å². The zero-order valence-electron chi connectivity index (χ0n) is 15.0. The minimum Gasteiger partial charge on any atom is -0.334 e. The third kappa shape index (κ3) is 3.06. The van der Waals surface area contributed by atoms with Crippen LogP contribution in [0.25, 0.3) is 5.78 Å². The summed E-state index contributed by atoms with van der Waals surface area (Å²) < 4.78 is 1.70. The number of hydrogen-bond donors (Lipinski definition) is 1. The van der Waals surface area contributed by atoms with E-state index in [1.165, 1.54) is 11.9 Å². The molecule has 1 aliphatic heterocycles. The lowest BCUT2D eigenvalue weighted by Crippen LogP contribution is -2.48. The van der Waals surface area contributed by atoms with E-state index < -0.39 is 0 Å². The first-order valence-electron chi connectivity index (χ1n) is 8.92. The van der Waals surface area contributed by atoms with E-state index in [9.17, 15) is 4.79 Å². The van der Waals surface area contributed by atoms with Crippen molar-refractivity contribution in [2.24, 2.45) is 0 Å². The molecule has 3 aromatic rings. The van der Waals surface area contributed by atoms with E-state index in [-0.39, 0.29) is 17.9 Å². The zero-order chi connectivity index (χ0) is 18.1. The van der Waals surface area contributed by atoms with Gasteiger partial charge >= 0.3 is 0 Å². The molecule has 26 heavy (non-hydrogen) atoms. The van der Waals surface area contributed by atoms with Crippen LogP contribution in [0.3, 0.4) is 0 Å². The van der Waals surface area contributed by atoms with Crippen LogP contribution in [0, 0.1) is 0 Å². The topological polar surface area (TPSA) is 75.4 Å². The highest BCUT2D eigenvalue weighted by Gasteiger charge is 2.27. The van der Waals surface area contributed by atoms with Crippen molar-refractivity contribution in [2.75, 3.05) is 19.6 Å². The number of nitrogens with zero attached hydrogens (tertiary/aromatic N) is 5. The normalized spacial score (nSPS) is 17.8. The van der Waals surface area contributed by atoms with Crippen molar-refractivity contribution in [3.63, 3.8) is 0 Å². The molecule has 1 unspecified atom stereocenters. The number of carbonyl (C=O) groups excluding carboxylic acids is 1. The Hall–Kier alpha value is -2.80. The lowest BCUT2D eigenvalue weighted by molar-refractivity contribution is 0.0697. The van der Waals surface area contributed by atoms with Gasteiger partial charge in [0.1, 0.15) is 12.0 Å². The van der Waals surface area contributed by atoms with Crippen molar-refractivity contribution < 1.29 is 4.79 Å². The van der Waals surface area contributed by atoms with Gasteiger partial charge in [0.2, 0.25) is 0 Å². The van der Waals surface area contributed by atoms with Gasteiger partial charge in [-0.3, -0.25) is 4.79 Å². The standard InChI is InChI=1S/C19H22N6O/c1-13(2)17-10-15(23-19-21-12-22-25(17)19)18(26)24-9-8-20-16(11-24)14-6-4-3-5-7-14/h3-7,10,12-13,16,20H,8-9,11H2,1-2H3. The monoisotopic (exact) mass is 350 g/mol. The van der Waals surface area contributed by atoms with E-state index in [0.717, 1.165) is 12.2 Å². The zero-order valence-corrected chi connectivity index (χ0v) is 15.0. The maximum absolute atomic E-state index is 13.1. The Morgan fingerprint density at radius 3 is 2.85 bits per heavy atom. The molecule has 0 saturated carbocycles. The third-order valence-corrected chi connectivity index (χ3v) is 4.75. The summed E-state index contributed by atoms with van der Waals surface area (Å²) in [7, 11) is 0. The van der Waals surface area contributed by atoms with Crippen molar-refractivity contribution in [1.29, 1.82) is 0 Å². The molecule has 0 aliphatic carbocycles. The van der Waals surface area contributed by atoms with E-state index in [2.05, 4.69) is 46.4 Å². The van der Waals surface area contributed by atoms with Gasteiger partial charge in [-0.1, -0.05) is 44.2 Å². The molecular weight excluding hydrogens is 328 g/mol. The largest absolute Gasteiger partial charge is 0.334 e. The van der Waals surface area contributed by atoms with Crippen molar-refractivity contribution in [3.05, 3.63) is 59.7 Å². The molecule has 1 atom stereocenters. The number of aromatic nitrogens is 4. The maximum atomic E-state index is 13.1. The van der Waals surface area contributed by atoms with Crippen LogP contribution in [-0.4, -0.2) is 50.0 Å². The van der Waals surface area contributed by atoms with Gasteiger partial charge in [0.05, 0.1) is 5.69 Å². The average Bonchev–Trinajstić information content (AvgIpc) is 3.16. The number of piperazine rings is 1. The molecule has 1 saturated heterocycles. The van der Waals surface area contributed by atoms with E-state index in [4.69, 9.17) is 0 Å². The van der Waals surface area contributed by atoms with Gasteiger partial charge in [-0.15, -0.1) is 0 Å². The molecule has 0 bridgehead atoms. The quantitative estimate of drug-likeness (QED) is 0.782. The Kier molecular flexibility index (Phi) is 4.38. The Balaban J connectivity index is 1.62. The molecular formula is C19H22N6O. The minimum atomic E-state index is -0.0557. The fourth-order valence-corrected chi connectivity index (χ4v) is 3.36. The van der Waals surface area contributed by atoms with Gasteiger partial charge in [-0.25, -0.2) is 9.50 Å². The van der Waals surface area contributed by atoms with Crippen LogP contribution in [-0.2, 0) is 0 Å². The van der Waals surface area contributed by atoms with Gasteiger partial charge in [0.25, 0.3) is 11.7 Å². The highest BCUT2D eigenvalue weighted by Crippen LogP contribution is 2.20. The number of benzene rings is 1. The average molecular weight is 350 g/mol. The van der Waals surface area contributed by atoms with Crippen LogP contribution in [0.4, 0.5) is 0 Å². The Labute approximate surface area is 152 Å². The van der Waals surface area contributed by atoms with Crippen LogP contribution < -0.4 is 5.32 Å². The summed E-state index contributed by atoms with van der Waals surface area (Å²) in [6.07, 6.45) is 1.47. The van der Waals surface area contributed by atoms with Crippen LogP contribution in [0.15, 0.2) is 42.7 Å². The van der Waals surface area contributed by atoms with Crippen LogP contribution in [0.1, 0.15) is 47.6 Å². The predicted molar refractivity (Wildman–Crippen MR) is 98.0 cm³/mol. The number of carbonyl (C=O) groups is 1. The first kappa shape index (κ1) is 16.7. The molecule has 1 fully saturated rings. The fraction of sp³-hybridized carbons (Fsp3) is 0.368. The third-order valence-electron chi connectivity index (χ3n) is 4.75. The summed E-state index contributed by atoms with van der Waals surface area (Å²) in [4.78, 5) is 23.6. The highest BCUT2D eigenvalue weighted by molar-refractivity contribution is 5.93. The smallest absolute Gasteiger partial charge is 0.272 e. The van der Waals surface area contributed by atoms with Gasteiger partial charge in [0.15, 0.2) is 0 Å². The molecule has 134 valence electrons. The van der Waals surface area contributed by atoms with Crippen molar-refractivity contribution in [2.45, 2.75) is 25.8 Å². The van der Waals surface area contributed by atoms with E-state index >= 15 is 0 Å².